The molecule has 5 aromatic carbocycles. The molecule has 0 heterocycles. The lowest BCUT2D eigenvalue weighted by atomic mass is 9.78. The summed E-state index contributed by atoms with van der Waals surface area (Å²) in [7, 11) is 0. The second-order valence-corrected chi connectivity index (χ2v) is 17.6. The molecule has 0 amide bonds. The monoisotopic (exact) mass is 687 g/mol. The molecular formula is C48H41Cl2+. The molecule has 5 aliphatic carbocycles. The maximum Gasteiger partial charge on any atom is 0.107 e. The van der Waals surface area contributed by atoms with Crippen molar-refractivity contribution in [3.8, 4) is 33.4 Å². The first kappa shape index (κ1) is 31.8. The van der Waals surface area contributed by atoms with Crippen molar-refractivity contribution in [1.29, 1.82) is 0 Å². The Morgan fingerprint density at radius 3 is 1.72 bits per heavy atom. The summed E-state index contributed by atoms with van der Waals surface area (Å²) in [5.74, 6) is 0. The van der Waals surface area contributed by atoms with Gasteiger partial charge in [0.05, 0.1) is 22.6 Å². The number of hydrogen-bond donors (Lipinski definition) is 0. The lowest BCUT2D eigenvalue weighted by molar-refractivity contribution is 0.646. The van der Waals surface area contributed by atoms with Crippen LogP contribution in [-0.4, -0.2) is 0 Å². The fourth-order valence-corrected chi connectivity index (χ4v) is 10.4. The van der Waals surface area contributed by atoms with Crippen LogP contribution in [0, 0.1) is 6.08 Å². The summed E-state index contributed by atoms with van der Waals surface area (Å²) in [5.41, 5.74) is 21.8. The normalized spacial score (nSPS) is 18.8. The summed E-state index contributed by atoms with van der Waals surface area (Å²) in [6.45, 7) is 18.5. The van der Waals surface area contributed by atoms with Crippen LogP contribution >= 0.6 is 23.2 Å². The summed E-state index contributed by atoms with van der Waals surface area (Å²) in [6, 6.07) is 31.1. The third kappa shape index (κ3) is 4.05. The van der Waals surface area contributed by atoms with Gasteiger partial charge in [0.15, 0.2) is 0 Å². The highest BCUT2D eigenvalue weighted by Crippen LogP contribution is 2.58. The Morgan fingerprint density at radius 1 is 0.460 bits per heavy atom. The van der Waals surface area contributed by atoms with Gasteiger partial charge < -0.3 is 0 Å². The number of rotatable bonds is 0. The Balaban J connectivity index is 0.000000135. The molecule has 2 heteroatoms. The number of fused-ring (bicyclic) bond motifs is 11. The van der Waals surface area contributed by atoms with Crippen LogP contribution in [0.15, 0.2) is 109 Å². The van der Waals surface area contributed by atoms with Crippen LogP contribution in [0.1, 0.15) is 99.9 Å². The Kier molecular flexibility index (Phi) is 6.48. The Bertz CT molecular complexity index is 2440. The standard InChI is InChI=1S/C24H21Cl.C24H20Cl/c1-23(2)18-10-6-5-8-14(18)16-12-20-17(13-19(16)23)15-9-7-11-21(25)22(15)24(20,3)4;1-23(2)19-8-6-5-7-15(19)17-12-22-18(13-21(17)23)16-11-14(25)9-10-20(16)24(22,3)4/h5-13H,1-4H3;5,7-13H,1-4H3/q;+1. The number of allylic oxidation sites excluding steroid dienone is 6. The van der Waals surface area contributed by atoms with Crippen LogP contribution in [0.25, 0.3) is 39.0 Å². The van der Waals surface area contributed by atoms with E-state index in [4.69, 9.17) is 23.2 Å². The van der Waals surface area contributed by atoms with Crippen molar-refractivity contribution < 1.29 is 0 Å². The van der Waals surface area contributed by atoms with Gasteiger partial charge in [0.2, 0.25) is 0 Å². The highest BCUT2D eigenvalue weighted by molar-refractivity contribution is 6.32. The Labute approximate surface area is 307 Å². The molecule has 5 aliphatic rings. The van der Waals surface area contributed by atoms with Crippen molar-refractivity contribution in [3.05, 3.63) is 169 Å². The van der Waals surface area contributed by atoms with Crippen molar-refractivity contribution in [1.82, 2.24) is 0 Å². The fraction of sp³-hybridized carbons (Fsp3) is 0.250. The van der Waals surface area contributed by atoms with Crippen molar-refractivity contribution in [2.45, 2.75) is 77.0 Å². The summed E-state index contributed by atoms with van der Waals surface area (Å²) < 4.78 is 0. The molecule has 0 N–H and O–H groups in total. The quantitative estimate of drug-likeness (QED) is 0.142. The maximum absolute atomic E-state index is 6.61. The predicted octanol–water partition coefficient (Wildman–Crippen LogP) is 13.6. The van der Waals surface area contributed by atoms with E-state index < -0.39 is 0 Å². The molecule has 0 aliphatic heterocycles. The van der Waals surface area contributed by atoms with E-state index in [1.54, 1.807) is 0 Å². The average Bonchev–Trinajstić information content (AvgIpc) is 3.64. The van der Waals surface area contributed by atoms with Crippen molar-refractivity contribution in [2.75, 3.05) is 0 Å². The maximum atomic E-state index is 6.61. The third-order valence-corrected chi connectivity index (χ3v) is 13.2. The topological polar surface area (TPSA) is 0 Å². The summed E-state index contributed by atoms with van der Waals surface area (Å²) >= 11 is 12.9. The molecule has 0 aromatic heterocycles. The molecule has 0 fully saturated rings. The van der Waals surface area contributed by atoms with Crippen LogP contribution in [0.3, 0.4) is 0 Å². The zero-order valence-corrected chi connectivity index (χ0v) is 31.6. The minimum absolute atomic E-state index is 0.00190. The van der Waals surface area contributed by atoms with Gasteiger partial charge in [-0.05, 0) is 129 Å². The van der Waals surface area contributed by atoms with Gasteiger partial charge in [-0.15, -0.1) is 0 Å². The lowest BCUT2D eigenvalue weighted by Gasteiger charge is -2.24. The first-order valence-corrected chi connectivity index (χ1v) is 18.5. The van der Waals surface area contributed by atoms with E-state index in [1.807, 2.05) is 18.2 Å². The van der Waals surface area contributed by atoms with Gasteiger partial charge >= 0.3 is 0 Å². The number of benzene rings is 5. The van der Waals surface area contributed by atoms with Gasteiger partial charge in [0.1, 0.15) is 12.2 Å². The summed E-state index contributed by atoms with van der Waals surface area (Å²) in [4.78, 5) is 0. The van der Waals surface area contributed by atoms with Crippen LogP contribution < -0.4 is 0 Å². The minimum Gasteiger partial charge on any atom is -0.0843 e. The Morgan fingerprint density at radius 2 is 1.00 bits per heavy atom. The highest BCUT2D eigenvalue weighted by atomic mass is 35.5. The molecule has 50 heavy (non-hydrogen) atoms. The van der Waals surface area contributed by atoms with Gasteiger partial charge in [-0.3, -0.25) is 0 Å². The number of hydrogen-bond acceptors (Lipinski definition) is 0. The van der Waals surface area contributed by atoms with Crippen molar-refractivity contribution in [2.24, 2.45) is 0 Å². The van der Waals surface area contributed by atoms with Gasteiger partial charge in [-0.25, -0.2) is 0 Å². The van der Waals surface area contributed by atoms with E-state index in [-0.39, 0.29) is 21.7 Å². The minimum atomic E-state index is -0.0697. The summed E-state index contributed by atoms with van der Waals surface area (Å²) in [5, 5.41) is 1.68. The van der Waals surface area contributed by atoms with E-state index in [1.165, 1.54) is 89.0 Å². The second kappa shape index (κ2) is 10.2. The lowest BCUT2D eigenvalue weighted by Crippen LogP contribution is -2.18. The zero-order chi connectivity index (χ0) is 35.1. The largest absolute Gasteiger partial charge is 0.107 e. The SMILES string of the molecule is CC1(C)C2=C(C=C[C+]=C2)c2cc3c(cc21)-c1cc(Cl)ccc1C3(C)C.CC1(C)c2ccccc2-c2cc3c(cc21)-c1cccc(Cl)c1C3(C)C. The molecule has 0 unspecified atom stereocenters. The van der Waals surface area contributed by atoms with E-state index in [9.17, 15) is 0 Å². The van der Waals surface area contributed by atoms with Crippen molar-refractivity contribution in [3.63, 3.8) is 0 Å². The predicted molar refractivity (Wildman–Crippen MR) is 212 cm³/mol. The van der Waals surface area contributed by atoms with Crippen LogP contribution in [0.5, 0.6) is 0 Å². The van der Waals surface area contributed by atoms with Crippen LogP contribution in [-0.2, 0) is 21.7 Å². The summed E-state index contributed by atoms with van der Waals surface area (Å²) in [6.07, 6.45) is 9.65. The first-order valence-electron chi connectivity index (χ1n) is 17.7. The smallest absolute Gasteiger partial charge is 0.0843 e. The highest BCUT2D eigenvalue weighted by Gasteiger charge is 2.46. The van der Waals surface area contributed by atoms with E-state index in [0.717, 1.165) is 10.0 Å². The molecule has 0 atom stereocenters. The third-order valence-electron chi connectivity index (χ3n) is 12.6. The molecular weight excluding hydrogens is 647 g/mol. The van der Waals surface area contributed by atoms with Crippen molar-refractivity contribution >= 4 is 28.8 Å². The molecule has 0 saturated carbocycles. The molecule has 246 valence electrons. The first-order chi connectivity index (χ1) is 23.6. The van der Waals surface area contributed by atoms with Crippen LogP contribution in [0.2, 0.25) is 10.0 Å². The number of halogens is 2. The molecule has 0 nitrogen and oxygen atoms in total. The Hall–Kier alpha value is -4.19. The van der Waals surface area contributed by atoms with E-state index in [2.05, 4.69) is 146 Å². The van der Waals surface area contributed by atoms with Crippen LogP contribution in [0.4, 0.5) is 0 Å². The average molecular weight is 689 g/mol. The molecule has 0 saturated heterocycles. The van der Waals surface area contributed by atoms with Gasteiger partial charge in [0, 0.05) is 37.9 Å². The molecule has 0 spiro atoms. The fourth-order valence-electron chi connectivity index (χ4n) is 9.84. The molecule has 10 rings (SSSR count). The molecule has 0 bridgehead atoms. The zero-order valence-electron chi connectivity index (χ0n) is 30.1. The van der Waals surface area contributed by atoms with Gasteiger partial charge in [-0.2, -0.15) is 0 Å². The van der Waals surface area contributed by atoms with Gasteiger partial charge in [-0.1, -0.05) is 107 Å². The molecule has 0 radical (unpaired) electrons. The molecule has 5 aromatic rings. The van der Waals surface area contributed by atoms with E-state index >= 15 is 0 Å². The van der Waals surface area contributed by atoms with Gasteiger partial charge in [0.25, 0.3) is 0 Å². The second-order valence-electron chi connectivity index (χ2n) is 16.8. The van der Waals surface area contributed by atoms with E-state index in [0.29, 0.717) is 0 Å².